The number of rotatable bonds is 10. The van der Waals surface area contributed by atoms with Crippen molar-refractivity contribution in [3.8, 4) is 11.1 Å². The van der Waals surface area contributed by atoms with Gasteiger partial charge in [0.1, 0.15) is 0 Å². The molecule has 1 atom stereocenters. The van der Waals surface area contributed by atoms with Crippen LogP contribution in [-0.2, 0) is 0 Å². The molecule has 0 fully saturated rings. The van der Waals surface area contributed by atoms with Gasteiger partial charge in [-0.3, -0.25) is 4.99 Å². The van der Waals surface area contributed by atoms with Crippen LogP contribution in [-0.4, -0.2) is 24.8 Å². The van der Waals surface area contributed by atoms with Crippen molar-refractivity contribution in [2.75, 3.05) is 14.1 Å². The van der Waals surface area contributed by atoms with E-state index in [0.29, 0.717) is 5.69 Å². The maximum Gasteiger partial charge on any atom is 0.213 e. The van der Waals surface area contributed by atoms with E-state index in [1.54, 1.807) is 14.0 Å². The minimum Gasteiger partial charge on any atom is -0.389 e. The van der Waals surface area contributed by atoms with Gasteiger partial charge in [0.2, 0.25) is 5.95 Å². The summed E-state index contributed by atoms with van der Waals surface area (Å²) in [5.41, 5.74) is 6.23. The molecule has 0 aliphatic heterocycles. The highest BCUT2D eigenvalue weighted by Gasteiger charge is 2.08. The summed E-state index contributed by atoms with van der Waals surface area (Å²) in [5.74, 6) is 0.506. The Morgan fingerprint density at radius 1 is 1.06 bits per heavy atom. The van der Waals surface area contributed by atoms with E-state index < -0.39 is 5.95 Å². The van der Waals surface area contributed by atoms with Gasteiger partial charge in [0.05, 0.1) is 5.71 Å². The molecule has 0 amide bonds. The second kappa shape index (κ2) is 18.6. The predicted octanol–water partition coefficient (Wildman–Crippen LogP) is 8.85. The van der Waals surface area contributed by atoms with Gasteiger partial charge in [-0.1, -0.05) is 91.5 Å². The van der Waals surface area contributed by atoms with Gasteiger partial charge in [0, 0.05) is 37.1 Å². The molecular weight excluding hydrogens is 433 g/mol. The third kappa shape index (κ3) is 12.5. The number of hydrogen-bond donors (Lipinski definition) is 1. The fourth-order valence-electron chi connectivity index (χ4n) is 3.66. The third-order valence-corrected chi connectivity index (χ3v) is 5.59. The molecule has 1 heterocycles. The van der Waals surface area contributed by atoms with Crippen molar-refractivity contribution >= 4 is 5.71 Å². The molecule has 1 aromatic carbocycles. The molecule has 0 bridgehead atoms. The van der Waals surface area contributed by atoms with Crippen LogP contribution in [0.25, 0.3) is 11.1 Å². The molecular formula is C31H48FN3. The normalized spacial score (nSPS) is 11.8. The monoisotopic (exact) mass is 481 g/mol. The van der Waals surface area contributed by atoms with Gasteiger partial charge < -0.3 is 5.32 Å². The lowest BCUT2D eigenvalue weighted by molar-refractivity contribution is 0.466. The van der Waals surface area contributed by atoms with Crippen molar-refractivity contribution in [2.45, 2.75) is 80.6 Å². The fraction of sp³-hybridized carbons (Fsp3) is 0.484. The molecule has 0 spiro atoms. The number of allylic oxidation sites excluding steroid dienone is 2. The second-order valence-electron chi connectivity index (χ2n) is 8.60. The van der Waals surface area contributed by atoms with Crippen LogP contribution in [0.1, 0.15) is 83.5 Å². The van der Waals surface area contributed by atoms with Crippen molar-refractivity contribution in [3.05, 3.63) is 77.5 Å². The first-order valence-electron chi connectivity index (χ1n) is 13.0. The molecule has 0 saturated heterocycles. The van der Waals surface area contributed by atoms with Gasteiger partial charge in [-0.15, -0.1) is 0 Å². The Bertz CT molecular complexity index is 924. The molecule has 1 aromatic heterocycles. The number of hydrogen-bond acceptors (Lipinski definition) is 3. The smallest absolute Gasteiger partial charge is 0.213 e. The molecule has 35 heavy (non-hydrogen) atoms. The van der Waals surface area contributed by atoms with Gasteiger partial charge in [-0.2, -0.15) is 4.39 Å². The molecule has 2 rings (SSSR count). The van der Waals surface area contributed by atoms with Crippen LogP contribution in [0.5, 0.6) is 0 Å². The van der Waals surface area contributed by atoms with Crippen molar-refractivity contribution < 1.29 is 4.39 Å². The van der Waals surface area contributed by atoms with E-state index in [1.807, 2.05) is 64.2 Å². The summed E-state index contributed by atoms with van der Waals surface area (Å²) in [6.45, 7) is 18.6. The van der Waals surface area contributed by atoms with Crippen LogP contribution >= 0.6 is 0 Å². The lowest BCUT2D eigenvalue weighted by atomic mass is 9.97. The van der Waals surface area contributed by atoms with E-state index in [0.717, 1.165) is 39.6 Å². The molecule has 0 aliphatic rings. The van der Waals surface area contributed by atoms with E-state index >= 15 is 0 Å². The second-order valence-corrected chi connectivity index (χ2v) is 8.60. The van der Waals surface area contributed by atoms with Gasteiger partial charge >= 0.3 is 0 Å². The summed E-state index contributed by atoms with van der Waals surface area (Å²) in [7, 11) is 3.59. The Hall–Kier alpha value is -2.75. The summed E-state index contributed by atoms with van der Waals surface area (Å²) in [4.78, 5) is 8.13. The summed E-state index contributed by atoms with van der Waals surface area (Å²) >= 11 is 0. The van der Waals surface area contributed by atoms with Crippen LogP contribution in [0.4, 0.5) is 4.39 Å². The first kappa shape index (κ1) is 32.2. The van der Waals surface area contributed by atoms with Crippen LogP contribution in [0.15, 0.2) is 59.8 Å². The number of unbranched alkanes of at least 4 members (excludes halogenated alkanes) is 1. The number of nitrogens with one attached hydrogen (secondary N) is 1. The topological polar surface area (TPSA) is 37.3 Å². The number of benzene rings is 1. The Morgan fingerprint density at radius 2 is 1.74 bits per heavy atom. The molecule has 194 valence electrons. The molecule has 1 N–H and O–H groups in total. The van der Waals surface area contributed by atoms with Crippen molar-refractivity contribution in [2.24, 2.45) is 10.9 Å². The fourth-order valence-corrected chi connectivity index (χ4v) is 3.66. The molecule has 0 aliphatic carbocycles. The van der Waals surface area contributed by atoms with Crippen molar-refractivity contribution in [3.63, 3.8) is 0 Å². The van der Waals surface area contributed by atoms with E-state index in [9.17, 15) is 4.39 Å². The maximum atomic E-state index is 13.5. The Labute approximate surface area is 214 Å². The third-order valence-electron chi connectivity index (χ3n) is 5.59. The van der Waals surface area contributed by atoms with Crippen LogP contribution < -0.4 is 5.32 Å². The zero-order chi connectivity index (χ0) is 26.8. The average Bonchev–Trinajstić information content (AvgIpc) is 2.84. The number of aliphatic imine (C=N–C) groups is 1. The van der Waals surface area contributed by atoms with Crippen molar-refractivity contribution in [1.29, 1.82) is 0 Å². The standard InChI is InChI=1S/C20H22FN3.C9H20.C2H6/c1-13-10-16(17-11-15(3)24-20(21)12-17)7-8-18(13)19(23-5)9-6-14(2)22-4;1-4-6-8-9(3)7-5-2;1-2/h6-12,22H,2H2,1,3-5H3;9H,4-8H2,1-3H3;1-2H3/b9-6-,23-19?;;. The summed E-state index contributed by atoms with van der Waals surface area (Å²) < 4.78 is 13.5. The predicted molar refractivity (Wildman–Crippen MR) is 154 cm³/mol. The number of aromatic nitrogens is 1. The Kier molecular flexibility index (Phi) is 17.1. The number of halogens is 1. The van der Waals surface area contributed by atoms with Crippen LogP contribution in [0.2, 0.25) is 0 Å². The number of pyridine rings is 1. The lowest BCUT2D eigenvalue weighted by Crippen LogP contribution is -2.04. The maximum absolute atomic E-state index is 13.5. The summed E-state index contributed by atoms with van der Waals surface area (Å²) in [5, 5.41) is 2.97. The molecule has 1 unspecified atom stereocenters. The number of likely N-dealkylation sites (N-methyl/N-ethyl adjacent to an activating group) is 1. The minimum atomic E-state index is -0.462. The van der Waals surface area contributed by atoms with Gasteiger partial charge in [0.25, 0.3) is 0 Å². The number of aryl methyl sites for hydroxylation is 2. The minimum absolute atomic E-state index is 0.462. The highest BCUT2D eigenvalue weighted by Crippen LogP contribution is 2.24. The summed E-state index contributed by atoms with van der Waals surface area (Å²) in [6, 6.07) is 9.35. The van der Waals surface area contributed by atoms with Crippen LogP contribution in [0, 0.1) is 25.7 Å². The lowest BCUT2D eigenvalue weighted by Gasteiger charge is -2.10. The highest BCUT2D eigenvalue weighted by atomic mass is 19.1. The first-order chi connectivity index (χ1) is 16.7. The largest absolute Gasteiger partial charge is 0.389 e. The van der Waals surface area contributed by atoms with E-state index in [4.69, 9.17) is 0 Å². The zero-order valence-electron chi connectivity index (χ0n) is 23.6. The quantitative estimate of drug-likeness (QED) is 0.209. The van der Waals surface area contributed by atoms with Gasteiger partial charge in [-0.05, 0) is 54.7 Å². The van der Waals surface area contributed by atoms with E-state index in [-0.39, 0.29) is 0 Å². The van der Waals surface area contributed by atoms with Crippen molar-refractivity contribution in [1.82, 2.24) is 10.3 Å². The molecule has 0 saturated carbocycles. The molecule has 0 radical (unpaired) electrons. The zero-order valence-corrected chi connectivity index (χ0v) is 23.6. The average molecular weight is 482 g/mol. The van der Waals surface area contributed by atoms with Crippen LogP contribution in [0.3, 0.4) is 0 Å². The Morgan fingerprint density at radius 3 is 2.26 bits per heavy atom. The molecule has 4 heteroatoms. The Balaban J connectivity index is 0.000000888. The van der Waals surface area contributed by atoms with E-state index in [1.165, 1.54) is 38.2 Å². The van der Waals surface area contributed by atoms with Gasteiger partial charge in [-0.25, -0.2) is 4.98 Å². The highest BCUT2D eigenvalue weighted by molar-refractivity contribution is 6.10. The molecule has 3 nitrogen and oxygen atoms in total. The SMILES string of the molecule is C=C(/C=C\C(=NC)c1ccc(-c2cc(C)nc(F)c2)cc1C)NC.CC.CCCCC(C)CCC. The molecule has 2 aromatic rings. The summed E-state index contributed by atoms with van der Waals surface area (Å²) in [6.07, 6.45) is 10.8. The van der Waals surface area contributed by atoms with Gasteiger partial charge in [0.15, 0.2) is 0 Å². The van der Waals surface area contributed by atoms with E-state index in [2.05, 4.69) is 42.6 Å². The first-order valence-corrected chi connectivity index (χ1v) is 13.0. The number of nitrogens with zero attached hydrogens (tertiary/aromatic N) is 2.